The fourth-order valence-corrected chi connectivity index (χ4v) is 1.56. The van der Waals surface area contributed by atoms with E-state index in [-0.39, 0.29) is 17.3 Å². The van der Waals surface area contributed by atoms with Crippen LogP contribution in [-0.4, -0.2) is 27.0 Å². The molecule has 0 saturated carbocycles. The molecule has 2 aromatic heterocycles. The van der Waals surface area contributed by atoms with Crippen molar-refractivity contribution in [1.82, 2.24) is 15.0 Å². The van der Waals surface area contributed by atoms with Gasteiger partial charge in [-0.05, 0) is 11.6 Å². The second-order valence-corrected chi connectivity index (χ2v) is 3.77. The Morgan fingerprint density at radius 2 is 2.25 bits per heavy atom. The van der Waals surface area contributed by atoms with E-state index < -0.39 is 4.92 Å². The largest absolute Gasteiger partial charge is 0.481 e. The predicted molar refractivity (Wildman–Crippen MR) is 71.2 cm³/mol. The summed E-state index contributed by atoms with van der Waals surface area (Å²) in [6.45, 7) is 0.316. The highest BCUT2D eigenvalue weighted by Gasteiger charge is 2.20. The van der Waals surface area contributed by atoms with Crippen molar-refractivity contribution in [2.24, 2.45) is 0 Å². The van der Waals surface area contributed by atoms with Gasteiger partial charge in [0.15, 0.2) is 0 Å². The monoisotopic (exact) mass is 276 g/mol. The van der Waals surface area contributed by atoms with Gasteiger partial charge in [-0.15, -0.1) is 0 Å². The van der Waals surface area contributed by atoms with Crippen LogP contribution in [0.5, 0.6) is 5.88 Å². The summed E-state index contributed by atoms with van der Waals surface area (Å²) in [4.78, 5) is 21.7. The van der Waals surface area contributed by atoms with Crippen molar-refractivity contribution in [2.45, 2.75) is 6.54 Å². The van der Waals surface area contributed by atoms with E-state index in [0.29, 0.717) is 12.4 Å². The van der Waals surface area contributed by atoms with Gasteiger partial charge in [-0.25, -0.2) is 15.0 Å². The van der Waals surface area contributed by atoms with Crippen molar-refractivity contribution < 1.29 is 9.66 Å². The van der Waals surface area contributed by atoms with Crippen LogP contribution in [0.3, 0.4) is 0 Å². The van der Waals surface area contributed by atoms with E-state index in [0.717, 1.165) is 11.9 Å². The van der Waals surface area contributed by atoms with Crippen LogP contribution < -0.4 is 15.8 Å². The lowest BCUT2D eigenvalue weighted by Gasteiger charge is -2.07. The number of nitrogens with zero attached hydrogens (tertiary/aromatic N) is 4. The van der Waals surface area contributed by atoms with E-state index in [4.69, 9.17) is 10.5 Å². The summed E-state index contributed by atoms with van der Waals surface area (Å²) in [5.74, 6) is 0.346. The van der Waals surface area contributed by atoms with E-state index in [9.17, 15) is 10.1 Å². The minimum Gasteiger partial charge on any atom is -0.481 e. The molecule has 9 nitrogen and oxygen atoms in total. The Morgan fingerprint density at radius 1 is 1.45 bits per heavy atom. The lowest BCUT2D eigenvalue weighted by atomic mass is 10.2. The third-order valence-electron chi connectivity index (χ3n) is 2.50. The number of nitro groups is 1. The van der Waals surface area contributed by atoms with Crippen LogP contribution in [0, 0.1) is 10.1 Å². The third-order valence-corrected chi connectivity index (χ3v) is 2.50. The number of rotatable bonds is 5. The number of methoxy groups -OCH3 is 1. The molecule has 0 aliphatic rings. The van der Waals surface area contributed by atoms with Gasteiger partial charge >= 0.3 is 5.69 Å². The summed E-state index contributed by atoms with van der Waals surface area (Å²) < 4.78 is 5.00. The minimum atomic E-state index is -0.620. The van der Waals surface area contributed by atoms with Gasteiger partial charge in [0.05, 0.1) is 12.0 Å². The lowest BCUT2D eigenvalue weighted by Crippen LogP contribution is -2.08. The third kappa shape index (κ3) is 2.88. The molecule has 3 N–H and O–H groups in total. The zero-order valence-corrected chi connectivity index (χ0v) is 10.6. The molecule has 0 bridgehead atoms. The molecule has 2 rings (SSSR count). The first-order chi connectivity index (χ1) is 9.61. The van der Waals surface area contributed by atoms with Crippen molar-refractivity contribution in [3.8, 4) is 5.88 Å². The first-order valence-electron chi connectivity index (χ1n) is 5.59. The number of ether oxygens (including phenoxy) is 1. The molecule has 0 radical (unpaired) electrons. The van der Waals surface area contributed by atoms with Gasteiger partial charge in [0.25, 0.3) is 0 Å². The summed E-state index contributed by atoms with van der Waals surface area (Å²) in [7, 11) is 1.51. The Bertz CT molecular complexity index is 633. The number of nitrogen functional groups attached to an aromatic ring is 1. The fraction of sp³-hybridized carbons (Fsp3) is 0.182. The fourth-order valence-electron chi connectivity index (χ4n) is 1.56. The number of hydrogen-bond donors (Lipinski definition) is 2. The van der Waals surface area contributed by atoms with E-state index in [1.807, 2.05) is 0 Å². The molecule has 2 aromatic rings. The second-order valence-electron chi connectivity index (χ2n) is 3.77. The average molecular weight is 276 g/mol. The topological polar surface area (TPSA) is 129 Å². The maximum absolute atomic E-state index is 10.9. The van der Waals surface area contributed by atoms with Gasteiger partial charge in [-0.1, -0.05) is 0 Å². The summed E-state index contributed by atoms with van der Waals surface area (Å²) in [6.07, 6.45) is 2.75. The van der Waals surface area contributed by atoms with Crippen LogP contribution in [0.1, 0.15) is 5.56 Å². The summed E-state index contributed by atoms with van der Waals surface area (Å²) >= 11 is 0. The normalized spacial score (nSPS) is 10.1. The lowest BCUT2D eigenvalue weighted by molar-refractivity contribution is -0.383. The number of anilines is 2. The molecule has 0 aliphatic heterocycles. The van der Waals surface area contributed by atoms with Gasteiger partial charge in [0.2, 0.25) is 17.5 Å². The molecule has 0 aromatic carbocycles. The quantitative estimate of drug-likeness (QED) is 0.610. The Balaban J connectivity index is 2.18. The zero-order chi connectivity index (χ0) is 14.5. The minimum absolute atomic E-state index is 0.0679. The SMILES string of the molecule is COc1cc(CNc2ncnc(N)c2[N+](=O)[O-])ccn1. The Labute approximate surface area is 114 Å². The summed E-state index contributed by atoms with van der Waals surface area (Å²) in [5, 5.41) is 13.8. The number of pyridine rings is 1. The first kappa shape index (κ1) is 13.5. The standard InChI is InChI=1S/C11H12N6O3/c1-20-8-4-7(2-3-13-8)5-14-11-9(17(18)19)10(12)15-6-16-11/h2-4,6H,5H2,1H3,(H3,12,14,15,16). The molecule has 0 spiro atoms. The number of aromatic nitrogens is 3. The highest BCUT2D eigenvalue weighted by Crippen LogP contribution is 2.26. The summed E-state index contributed by atoms with van der Waals surface area (Å²) in [5.41, 5.74) is 5.97. The maximum Gasteiger partial charge on any atom is 0.352 e. The Hall–Kier alpha value is -2.97. The number of nitrogens with two attached hydrogens (primary N) is 1. The van der Waals surface area contributed by atoms with Crippen LogP contribution >= 0.6 is 0 Å². The van der Waals surface area contributed by atoms with E-state index in [1.165, 1.54) is 7.11 Å². The molecule has 2 heterocycles. The van der Waals surface area contributed by atoms with Crippen molar-refractivity contribution in [3.05, 3.63) is 40.3 Å². The molecular weight excluding hydrogens is 264 g/mol. The van der Waals surface area contributed by atoms with E-state index in [2.05, 4.69) is 20.3 Å². The van der Waals surface area contributed by atoms with Crippen LogP contribution in [0.2, 0.25) is 0 Å². The molecule has 9 heteroatoms. The second kappa shape index (κ2) is 5.78. The molecular formula is C11H12N6O3. The van der Waals surface area contributed by atoms with Crippen LogP contribution in [0.25, 0.3) is 0 Å². The van der Waals surface area contributed by atoms with Gasteiger partial charge < -0.3 is 15.8 Å². The first-order valence-corrected chi connectivity index (χ1v) is 5.59. The highest BCUT2D eigenvalue weighted by molar-refractivity contribution is 5.67. The molecule has 0 amide bonds. The van der Waals surface area contributed by atoms with Crippen molar-refractivity contribution >= 4 is 17.3 Å². The number of hydrogen-bond acceptors (Lipinski definition) is 8. The van der Waals surface area contributed by atoms with E-state index >= 15 is 0 Å². The summed E-state index contributed by atoms with van der Waals surface area (Å²) in [6, 6.07) is 3.47. The highest BCUT2D eigenvalue weighted by atomic mass is 16.6. The van der Waals surface area contributed by atoms with Gasteiger partial charge in [0, 0.05) is 18.8 Å². The maximum atomic E-state index is 10.9. The predicted octanol–water partition coefficient (Wildman–Crippen LogP) is 0.983. The van der Waals surface area contributed by atoms with Crippen molar-refractivity contribution in [2.75, 3.05) is 18.2 Å². The van der Waals surface area contributed by atoms with Crippen LogP contribution in [-0.2, 0) is 6.54 Å². The zero-order valence-electron chi connectivity index (χ0n) is 10.6. The smallest absolute Gasteiger partial charge is 0.352 e. The molecule has 104 valence electrons. The molecule has 0 aliphatic carbocycles. The molecule has 0 saturated heterocycles. The average Bonchev–Trinajstić information content (AvgIpc) is 2.45. The van der Waals surface area contributed by atoms with Crippen molar-refractivity contribution in [1.29, 1.82) is 0 Å². The number of nitrogens with one attached hydrogen (secondary N) is 1. The Morgan fingerprint density at radius 3 is 2.95 bits per heavy atom. The van der Waals surface area contributed by atoms with Crippen LogP contribution in [0.15, 0.2) is 24.7 Å². The molecule has 0 fully saturated rings. The van der Waals surface area contributed by atoms with E-state index in [1.54, 1.807) is 18.3 Å². The molecule has 20 heavy (non-hydrogen) atoms. The Kier molecular flexibility index (Phi) is 3.89. The molecule has 0 unspecified atom stereocenters. The van der Waals surface area contributed by atoms with Gasteiger partial charge in [0.1, 0.15) is 6.33 Å². The van der Waals surface area contributed by atoms with Crippen molar-refractivity contribution in [3.63, 3.8) is 0 Å². The molecule has 0 atom stereocenters. The van der Waals surface area contributed by atoms with Gasteiger partial charge in [-0.2, -0.15) is 0 Å². The van der Waals surface area contributed by atoms with Gasteiger partial charge in [-0.3, -0.25) is 10.1 Å². The van der Waals surface area contributed by atoms with Crippen LogP contribution in [0.4, 0.5) is 17.3 Å².